The molecule has 0 atom stereocenters. The highest BCUT2D eigenvalue weighted by Gasteiger charge is 2.14. The molecule has 0 aliphatic heterocycles. The molecule has 0 aromatic heterocycles. The van der Waals surface area contributed by atoms with Gasteiger partial charge in [0.1, 0.15) is 0 Å². The zero-order valence-corrected chi connectivity index (χ0v) is 12.4. The molecule has 0 saturated carbocycles. The van der Waals surface area contributed by atoms with Crippen LogP contribution in [0.4, 0.5) is 11.4 Å². The fourth-order valence-electron chi connectivity index (χ4n) is 1.79. The molecular formula is C14H13BrN2O3. The largest absolute Gasteiger partial charge is 0.490 e. The van der Waals surface area contributed by atoms with E-state index >= 15 is 0 Å². The Balaban J connectivity index is 2.14. The molecule has 0 amide bonds. The Hall–Kier alpha value is -2.08. The van der Waals surface area contributed by atoms with Gasteiger partial charge in [0, 0.05) is 22.8 Å². The Labute approximate surface area is 124 Å². The molecule has 0 fully saturated rings. The van der Waals surface area contributed by atoms with E-state index in [1.165, 1.54) is 13.2 Å². The lowest BCUT2D eigenvalue weighted by Crippen LogP contribution is -2.01. The van der Waals surface area contributed by atoms with E-state index in [9.17, 15) is 10.1 Å². The minimum atomic E-state index is -0.443. The number of nitrogens with zero attached hydrogens (tertiary/aromatic N) is 1. The first-order valence-corrected chi connectivity index (χ1v) is 6.70. The first-order valence-electron chi connectivity index (χ1n) is 5.91. The van der Waals surface area contributed by atoms with Crippen molar-refractivity contribution in [2.24, 2.45) is 0 Å². The van der Waals surface area contributed by atoms with Gasteiger partial charge in [-0.05, 0) is 29.8 Å². The number of nitro benzene ring substituents is 1. The normalized spacial score (nSPS) is 10.1. The molecule has 104 valence electrons. The zero-order chi connectivity index (χ0) is 14.5. The van der Waals surface area contributed by atoms with E-state index in [1.807, 2.05) is 24.3 Å². The van der Waals surface area contributed by atoms with Crippen molar-refractivity contribution in [2.45, 2.75) is 6.54 Å². The van der Waals surface area contributed by atoms with Crippen LogP contribution in [0.3, 0.4) is 0 Å². The van der Waals surface area contributed by atoms with Crippen LogP contribution in [0.15, 0.2) is 46.9 Å². The number of hydrogen-bond acceptors (Lipinski definition) is 4. The molecule has 2 rings (SSSR count). The summed E-state index contributed by atoms with van der Waals surface area (Å²) < 4.78 is 5.95. The summed E-state index contributed by atoms with van der Waals surface area (Å²) in [5, 5.41) is 14.2. The maximum absolute atomic E-state index is 11.0. The van der Waals surface area contributed by atoms with Gasteiger partial charge in [-0.3, -0.25) is 10.1 Å². The zero-order valence-electron chi connectivity index (χ0n) is 10.8. The van der Waals surface area contributed by atoms with Crippen LogP contribution < -0.4 is 10.1 Å². The lowest BCUT2D eigenvalue weighted by molar-refractivity contribution is -0.385. The third-order valence-electron chi connectivity index (χ3n) is 2.76. The van der Waals surface area contributed by atoms with Gasteiger partial charge in [-0.25, -0.2) is 0 Å². The van der Waals surface area contributed by atoms with E-state index in [1.54, 1.807) is 12.1 Å². The van der Waals surface area contributed by atoms with Gasteiger partial charge >= 0.3 is 5.69 Å². The van der Waals surface area contributed by atoms with Crippen molar-refractivity contribution in [3.8, 4) is 5.75 Å². The maximum Gasteiger partial charge on any atom is 0.311 e. The van der Waals surface area contributed by atoms with Gasteiger partial charge in [0.2, 0.25) is 0 Å². The van der Waals surface area contributed by atoms with Gasteiger partial charge in [-0.15, -0.1) is 0 Å². The fraction of sp³-hybridized carbons (Fsp3) is 0.143. The van der Waals surface area contributed by atoms with E-state index in [2.05, 4.69) is 21.2 Å². The van der Waals surface area contributed by atoms with Crippen LogP contribution in [0.25, 0.3) is 0 Å². The molecule has 0 saturated heterocycles. The number of benzene rings is 2. The van der Waals surface area contributed by atoms with Gasteiger partial charge in [0.05, 0.1) is 12.0 Å². The van der Waals surface area contributed by atoms with Gasteiger partial charge < -0.3 is 10.1 Å². The molecule has 2 aromatic rings. The van der Waals surface area contributed by atoms with Gasteiger partial charge in [0.15, 0.2) is 5.75 Å². The molecule has 0 unspecified atom stereocenters. The smallest absolute Gasteiger partial charge is 0.311 e. The van der Waals surface area contributed by atoms with Crippen molar-refractivity contribution in [1.82, 2.24) is 0 Å². The second kappa shape index (κ2) is 6.38. The Morgan fingerprint density at radius 1 is 1.30 bits per heavy atom. The summed E-state index contributed by atoms with van der Waals surface area (Å²) in [5.74, 6) is 0.265. The van der Waals surface area contributed by atoms with Gasteiger partial charge in [-0.2, -0.15) is 0 Å². The lowest BCUT2D eigenvalue weighted by Gasteiger charge is -2.08. The van der Waals surface area contributed by atoms with E-state index in [4.69, 9.17) is 4.74 Å². The van der Waals surface area contributed by atoms with Crippen LogP contribution in [0, 0.1) is 10.1 Å². The van der Waals surface area contributed by atoms with E-state index in [-0.39, 0.29) is 11.4 Å². The minimum Gasteiger partial charge on any atom is -0.490 e. The third kappa shape index (κ3) is 3.48. The average molecular weight is 337 g/mol. The first kappa shape index (κ1) is 14.3. The van der Waals surface area contributed by atoms with Crippen molar-refractivity contribution < 1.29 is 9.66 Å². The first-order chi connectivity index (χ1) is 9.60. The lowest BCUT2D eigenvalue weighted by atomic mass is 10.2. The summed E-state index contributed by atoms with van der Waals surface area (Å²) in [7, 11) is 1.42. The Bertz CT molecular complexity index is 632. The summed E-state index contributed by atoms with van der Waals surface area (Å²) in [5.41, 5.74) is 1.73. The molecule has 1 N–H and O–H groups in total. The van der Waals surface area contributed by atoms with Crippen LogP contribution >= 0.6 is 15.9 Å². The Kier molecular flexibility index (Phi) is 4.57. The standard InChI is InChI=1S/C14H13BrN2O3/c1-20-14-6-5-10(7-13(14)17(18)19)9-16-12-4-2-3-11(15)8-12/h2-8,16H,9H2,1H3. The molecule has 5 nitrogen and oxygen atoms in total. The average Bonchev–Trinajstić information content (AvgIpc) is 2.45. The molecule has 6 heteroatoms. The molecule has 0 bridgehead atoms. The summed E-state index contributed by atoms with van der Waals surface area (Å²) in [4.78, 5) is 10.5. The highest BCUT2D eigenvalue weighted by Crippen LogP contribution is 2.28. The molecule has 2 aromatic carbocycles. The summed E-state index contributed by atoms with van der Waals surface area (Å²) >= 11 is 3.39. The Morgan fingerprint density at radius 3 is 2.75 bits per heavy atom. The van der Waals surface area contributed by atoms with Crippen LogP contribution in [0.2, 0.25) is 0 Å². The number of nitro groups is 1. The van der Waals surface area contributed by atoms with Gasteiger partial charge in [0.25, 0.3) is 0 Å². The van der Waals surface area contributed by atoms with E-state index in [0.29, 0.717) is 6.54 Å². The number of halogens is 1. The van der Waals surface area contributed by atoms with Crippen molar-refractivity contribution in [1.29, 1.82) is 0 Å². The Morgan fingerprint density at radius 2 is 2.10 bits per heavy atom. The molecule has 0 spiro atoms. The van der Waals surface area contributed by atoms with Crippen LogP contribution in [0.5, 0.6) is 5.75 Å². The SMILES string of the molecule is COc1ccc(CNc2cccc(Br)c2)cc1[N+](=O)[O-]. The molecule has 20 heavy (non-hydrogen) atoms. The fourth-order valence-corrected chi connectivity index (χ4v) is 2.19. The minimum absolute atomic E-state index is 0.0268. The maximum atomic E-state index is 11.0. The van der Waals surface area contributed by atoms with Crippen molar-refractivity contribution in [3.05, 3.63) is 62.6 Å². The van der Waals surface area contributed by atoms with Crippen LogP contribution in [-0.2, 0) is 6.54 Å². The highest BCUT2D eigenvalue weighted by molar-refractivity contribution is 9.10. The number of nitrogens with one attached hydrogen (secondary N) is 1. The highest BCUT2D eigenvalue weighted by atomic mass is 79.9. The third-order valence-corrected chi connectivity index (χ3v) is 3.25. The summed E-state index contributed by atoms with van der Waals surface area (Å²) in [6, 6.07) is 12.7. The number of rotatable bonds is 5. The number of anilines is 1. The molecule has 0 aliphatic carbocycles. The van der Waals surface area contributed by atoms with Crippen molar-refractivity contribution in [3.63, 3.8) is 0 Å². The monoisotopic (exact) mass is 336 g/mol. The topological polar surface area (TPSA) is 64.4 Å². The number of hydrogen-bond donors (Lipinski definition) is 1. The second-order valence-corrected chi connectivity index (χ2v) is 5.04. The molecule has 0 radical (unpaired) electrons. The summed E-state index contributed by atoms with van der Waals surface area (Å²) in [6.45, 7) is 0.501. The van der Waals surface area contributed by atoms with Crippen LogP contribution in [0.1, 0.15) is 5.56 Å². The predicted molar refractivity (Wildman–Crippen MR) is 81.1 cm³/mol. The quantitative estimate of drug-likeness (QED) is 0.662. The molecule has 0 heterocycles. The van der Waals surface area contributed by atoms with Crippen LogP contribution in [-0.4, -0.2) is 12.0 Å². The van der Waals surface area contributed by atoms with Gasteiger partial charge in [-0.1, -0.05) is 28.1 Å². The predicted octanol–water partition coefficient (Wildman–Crippen LogP) is 3.98. The summed E-state index contributed by atoms with van der Waals surface area (Å²) in [6.07, 6.45) is 0. The number of ether oxygens (including phenoxy) is 1. The molecular weight excluding hydrogens is 324 g/mol. The second-order valence-electron chi connectivity index (χ2n) is 4.13. The van der Waals surface area contributed by atoms with E-state index in [0.717, 1.165) is 15.7 Å². The molecule has 0 aliphatic rings. The van der Waals surface area contributed by atoms with Crippen molar-refractivity contribution in [2.75, 3.05) is 12.4 Å². The van der Waals surface area contributed by atoms with E-state index < -0.39 is 4.92 Å². The number of methoxy groups -OCH3 is 1. The van der Waals surface area contributed by atoms with Crippen molar-refractivity contribution >= 4 is 27.3 Å².